The smallest absolute Gasteiger partial charge is 0.140 e. The summed E-state index contributed by atoms with van der Waals surface area (Å²) in [5, 5.41) is 0. The van der Waals surface area contributed by atoms with E-state index in [4.69, 9.17) is 5.73 Å². The maximum absolute atomic E-state index is 13.8. The second-order valence-electron chi connectivity index (χ2n) is 4.34. The van der Waals surface area contributed by atoms with Crippen molar-refractivity contribution in [2.24, 2.45) is 5.73 Å². The first kappa shape index (κ1) is 14.6. The second kappa shape index (κ2) is 6.11. The van der Waals surface area contributed by atoms with Gasteiger partial charge >= 0.3 is 0 Å². The Bertz CT molecular complexity index is 583. The average Bonchev–Trinajstić information content (AvgIpc) is 2.83. The quantitative estimate of drug-likeness (QED) is 0.751. The molecule has 0 saturated heterocycles. The average molecular weight is 346 g/mol. The Labute approximate surface area is 123 Å². The molecule has 0 aliphatic rings. The van der Waals surface area contributed by atoms with Crippen molar-refractivity contribution in [2.75, 3.05) is 0 Å². The summed E-state index contributed by atoms with van der Waals surface area (Å²) in [6.45, 7) is 2.07. The summed E-state index contributed by atoms with van der Waals surface area (Å²) in [5.74, 6) is -1.15. The summed E-state index contributed by atoms with van der Waals surface area (Å²) < 4.78 is 27.3. The molecule has 0 fully saturated rings. The summed E-state index contributed by atoms with van der Waals surface area (Å²) in [4.78, 5) is 1.79. The van der Waals surface area contributed by atoms with Crippen molar-refractivity contribution in [3.63, 3.8) is 0 Å². The molecule has 0 amide bonds. The van der Waals surface area contributed by atoms with E-state index in [1.165, 1.54) is 17.4 Å². The molecule has 19 heavy (non-hydrogen) atoms. The van der Waals surface area contributed by atoms with Crippen LogP contribution in [0.25, 0.3) is 10.4 Å². The van der Waals surface area contributed by atoms with Crippen LogP contribution in [0.1, 0.15) is 30.7 Å². The van der Waals surface area contributed by atoms with Gasteiger partial charge in [0.25, 0.3) is 0 Å². The molecule has 2 N–H and O–H groups in total. The van der Waals surface area contributed by atoms with Gasteiger partial charge in [-0.3, -0.25) is 0 Å². The third-order valence-electron chi connectivity index (χ3n) is 2.87. The van der Waals surface area contributed by atoms with Crippen molar-refractivity contribution in [2.45, 2.75) is 25.8 Å². The summed E-state index contributed by atoms with van der Waals surface area (Å²) in [6.07, 6.45) is 1.90. The molecule has 1 nitrogen and oxygen atoms in total. The Balaban J connectivity index is 2.35. The molecule has 0 radical (unpaired) electrons. The molecule has 1 aromatic carbocycles. The van der Waals surface area contributed by atoms with E-state index >= 15 is 0 Å². The maximum Gasteiger partial charge on any atom is 0.140 e. The van der Waals surface area contributed by atoms with Crippen LogP contribution in [0.2, 0.25) is 0 Å². The lowest BCUT2D eigenvalue weighted by Gasteiger charge is -2.07. The molecular formula is C14H14BrF2NS. The zero-order valence-corrected chi connectivity index (χ0v) is 12.8. The van der Waals surface area contributed by atoms with E-state index in [-0.39, 0.29) is 10.5 Å². The van der Waals surface area contributed by atoms with Crippen molar-refractivity contribution in [3.05, 3.63) is 45.2 Å². The number of benzene rings is 1. The van der Waals surface area contributed by atoms with Gasteiger partial charge < -0.3 is 5.73 Å². The fourth-order valence-corrected chi connectivity index (χ4v) is 3.27. The van der Waals surface area contributed by atoms with Crippen LogP contribution >= 0.6 is 27.3 Å². The van der Waals surface area contributed by atoms with Crippen LogP contribution in [0.3, 0.4) is 0 Å². The molecule has 2 aromatic rings. The summed E-state index contributed by atoms with van der Waals surface area (Å²) in [5.41, 5.74) is 6.43. The van der Waals surface area contributed by atoms with E-state index in [1.54, 1.807) is 0 Å². The Morgan fingerprint density at radius 3 is 2.68 bits per heavy atom. The highest BCUT2D eigenvalue weighted by molar-refractivity contribution is 9.10. The van der Waals surface area contributed by atoms with Gasteiger partial charge in [0.1, 0.15) is 11.6 Å². The number of hydrogen-bond acceptors (Lipinski definition) is 2. The van der Waals surface area contributed by atoms with E-state index in [0.29, 0.717) is 5.56 Å². The zero-order valence-electron chi connectivity index (χ0n) is 10.4. The largest absolute Gasteiger partial charge is 0.323 e. The third kappa shape index (κ3) is 3.22. The minimum Gasteiger partial charge on any atom is -0.323 e. The molecule has 0 spiro atoms. The Hall–Kier alpha value is -0.780. The van der Waals surface area contributed by atoms with Crippen LogP contribution in [0.15, 0.2) is 28.7 Å². The molecule has 102 valence electrons. The van der Waals surface area contributed by atoms with Gasteiger partial charge in [0.2, 0.25) is 0 Å². The highest BCUT2D eigenvalue weighted by Gasteiger charge is 2.14. The molecule has 1 unspecified atom stereocenters. The van der Waals surface area contributed by atoms with E-state index in [1.807, 2.05) is 12.1 Å². The summed E-state index contributed by atoms with van der Waals surface area (Å²) in [6, 6.07) is 6.09. The number of nitrogens with two attached hydrogens (primary N) is 1. The van der Waals surface area contributed by atoms with Gasteiger partial charge in [-0.2, -0.15) is 0 Å². The van der Waals surface area contributed by atoms with Crippen LogP contribution in [0.4, 0.5) is 8.78 Å². The van der Waals surface area contributed by atoms with Crippen LogP contribution in [-0.4, -0.2) is 0 Å². The van der Waals surface area contributed by atoms with E-state index < -0.39 is 11.6 Å². The molecule has 0 saturated carbocycles. The molecule has 5 heteroatoms. The van der Waals surface area contributed by atoms with Crippen molar-refractivity contribution < 1.29 is 8.78 Å². The number of hydrogen-bond donors (Lipinski definition) is 1. The van der Waals surface area contributed by atoms with E-state index in [2.05, 4.69) is 22.9 Å². The summed E-state index contributed by atoms with van der Waals surface area (Å²) in [7, 11) is 0. The van der Waals surface area contributed by atoms with Gasteiger partial charge in [-0.25, -0.2) is 8.78 Å². The first-order valence-corrected chi connectivity index (χ1v) is 7.64. The molecule has 0 aliphatic heterocycles. The number of thiophene rings is 1. The molecule has 0 bridgehead atoms. The SMILES string of the molecule is CCCC(N)c1ccc(-c2cc(Br)c(F)cc2F)s1. The minimum atomic E-state index is -0.597. The first-order chi connectivity index (χ1) is 9.02. The molecule has 1 heterocycles. The van der Waals surface area contributed by atoms with Crippen molar-refractivity contribution in [1.82, 2.24) is 0 Å². The topological polar surface area (TPSA) is 26.0 Å². The predicted molar refractivity (Wildman–Crippen MR) is 79.2 cm³/mol. The third-order valence-corrected chi connectivity index (χ3v) is 4.73. The molecule has 1 atom stereocenters. The standard InChI is InChI=1S/C14H14BrF2NS/c1-2-3-12(18)14-5-4-13(19-14)8-6-9(15)11(17)7-10(8)16/h4-7,12H,2-3,18H2,1H3. The van der Waals surface area contributed by atoms with Gasteiger partial charge in [0.05, 0.1) is 4.47 Å². The second-order valence-corrected chi connectivity index (χ2v) is 6.31. The highest BCUT2D eigenvalue weighted by Crippen LogP contribution is 2.35. The van der Waals surface area contributed by atoms with Crippen LogP contribution < -0.4 is 5.73 Å². The Morgan fingerprint density at radius 2 is 2.00 bits per heavy atom. The summed E-state index contributed by atoms with van der Waals surface area (Å²) >= 11 is 4.53. The Kier molecular flexibility index (Phi) is 4.71. The van der Waals surface area contributed by atoms with Crippen molar-refractivity contribution >= 4 is 27.3 Å². The van der Waals surface area contributed by atoms with Crippen LogP contribution in [0, 0.1) is 11.6 Å². The lowest BCUT2D eigenvalue weighted by atomic mass is 10.1. The van der Waals surface area contributed by atoms with Gasteiger partial charge in [0.15, 0.2) is 0 Å². The van der Waals surface area contributed by atoms with Crippen LogP contribution in [-0.2, 0) is 0 Å². The van der Waals surface area contributed by atoms with Gasteiger partial charge in [-0.15, -0.1) is 11.3 Å². The maximum atomic E-state index is 13.8. The van der Waals surface area contributed by atoms with Crippen molar-refractivity contribution in [3.8, 4) is 10.4 Å². The molecular weight excluding hydrogens is 332 g/mol. The highest BCUT2D eigenvalue weighted by atomic mass is 79.9. The molecule has 2 rings (SSSR count). The number of rotatable bonds is 4. The zero-order chi connectivity index (χ0) is 14.0. The fraction of sp³-hybridized carbons (Fsp3) is 0.286. The lowest BCUT2D eigenvalue weighted by Crippen LogP contribution is -2.07. The van der Waals surface area contributed by atoms with Crippen LogP contribution in [0.5, 0.6) is 0 Å². The Morgan fingerprint density at radius 1 is 1.26 bits per heavy atom. The van der Waals surface area contributed by atoms with Gasteiger partial charge in [-0.1, -0.05) is 13.3 Å². The fourth-order valence-electron chi connectivity index (χ4n) is 1.86. The van der Waals surface area contributed by atoms with Crippen molar-refractivity contribution in [1.29, 1.82) is 0 Å². The molecule has 1 aromatic heterocycles. The van der Waals surface area contributed by atoms with Gasteiger partial charge in [0, 0.05) is 27.4 Å². The lowest BCUT2D eigenvalue weighted by molar-refractivity contribution is 0.581. The normalized spacial score (nSPS) is 12.7. The van der Waals surface area contributed by atoms with E-state index in [9.17, 15) is 8.78 Å². The van der Waals surface area contributed by atoms with Gasteiger partial charge in [-0.05, 0) is 40.5 Å². The first-order valence-electron chi connectivity index (χ1n) is 6.03. The predicted octanol–water partition coefficient (Wildman–Crippen LogP) is 5.26. The molecule has 0 aliphatic carbocycles. The monoisotopic (exact) mass is 345 g/mol. The number of halogens is 3. The minimum absolute atomic E-state index is 0.0179. The van der Waals surface area contributed by atoms with E-state index in [0.717, 1.165) is 28.7 Å².